The molecule has 4 rings (SSSR count). The van der Waals surface area contributed by atoms with Crippen LogP contribution in [0.1, 0.15) is 5.56 Å². The number of rotatable bonds is 7. The molecule has 3 aromatic carbocycles. The van der Waals surface area contributed by atoms with Crippen LogP contribution < -0.4 is 10.1 Å². The number of ether oxygens (including phenoxy) is 1. The van der Waals surface area contributed by atoms with E-state index in [-0.39, 0.29) is 12.5 Å². The van der Waals surface area contributed by atoms with Gasteiger partial charge in [-0.15, -0.1) is 11.3 Å². The summed E-state index contributed by atoms with van der Waals surface area (Å²) in [6.07, 6.45) is 0.809. The lowest BCUT2D eigenvalue weighted by Crippen LogP contribution is -2.30. The minimum absolute atomic E-state index is 0.00920. The Balaban J connectivity index is 1.27. The Morgan fingerprint density at radius 2 is 1.68 bits per heavy atom. The highest BCUT2D eigenvalue weighted by Gasteiger charge is 2.07. The van der Waals surface area contributed by atoms with E-state index in [0.717, 1.165) is 22.5 Å². The van der Waals surface area contributed by atoms with E-state index in [4.69, 9.17) is 4.74 Å². The third-order valence-corrected chi connectivity index (χ3v) is 5.43. The predicted octanol–water partition coefficient (Wildman–Crippen LogP) is 4.70. The van der Waals surface area contributed by atoms with Crippen LogP contribution in [0, 0.1) is 0 Å². The van der Waals surface area contributed by atoms with Gasteiger partial charge in [0.1, 0.15) is 10.8 Å². The molecule has 5 heteroatoms. The summed E-state index contributed by atoms with van der Waals surface area (Å²) >= 11 is 1.67. The van der Waals surface area contributed by atoms with Crippen molar-refractivity contribution in [3.05, 3.63) is 84.4 Å². The molecule has 0 radical (unpaired) electrons. The van der Waals surface area contributed by atoms with Crippen molar-refractivity contribution >= 4 is 27.5 Å². The van der Waals surface area contributed by atoms with Crippen LogP contribution >= 0.6 is 11.3 Å². The van der Waals surface area contributed by atoms with Crippen molar-refractivity contribution in [2.45, 2.75) is 6.42 Å². The summed E-state index contributed by atoms with van der Waals surface area (Å²) in [6.45, 7) is 0.609. The monoisotopic (exact) mass is 388 g/mol. The first-order valence-electron chi connectivity index (χ1n) is 9.17. The summed E-state index contributed by atoms with van der Waals surface area (Å²) in [6, 6.07) is 25.9. The fraction of sp³-hybridized carbons (Fsp3) is 0.130. The highest BCUT2D eigenvalue weighted by atomic mass is 32.1. The van der Waals surface area contributed by atoms with Crippen molar-refractivity contribution in [1.82, 2.24) is 10.3 Å². The number of fused-ring (bicyclic) bond motifs is 1. The van der Waals surface area contributed by atoms with Gasteiger partial charge in [-0.3, -0.25) is 4.79 Å². The predicted molar refractivity (Wildman–Crippen MR) is 114 cm³/mol. The molecule has 0 fully saturated rings. The zero-order valence-corrected chi connectivity index (χ0v) is 16.1. The van der Waals surface area contributed by atoms with E-state index in [1.165, 1.54) is 10.3 Å². The minimum atomic E-state index is -0.119. The molecule has 140 valence electrons. The molecule has 4 nitrogen and oxygen atoms in total. The van der Waals surface area contributed by atoms with E-state index in [1.807, 2.05) is 60.7 Å². The third-order valence-electron chi connectivity index (χ3n) is 4.34. The average Bonchev–Trinajstić information content (AvgIpc) is 3.18. The number of para-hydroxylation sites is 1. The Kier molecular flexibility index (Phi) is 5.64. The molecule has 0 aliphatic carbocycles. The Hall–Kier alpha value is -3.18. The van der Waals surface area contributed by atoms with Gasteiger partial charge >= 0.3 is 0 Å². The van der Waals surface area contributed by atoms with Crippen LogP contribution in [-0.2, 0) is 11.2 Å². The SMILES string of the molecule is O=C(COc1ccc(-c2nc3ccccc3s2)cc1)NCCc1ccccc1. The molecular weight excluding hydrogens is 368 g/mol. The van der Waals surface area contributed by atoms with Gasteiger partial charge in [-0.2, -0.15) is 0 Å². The Bertz CT molecular complexity index is 1030. The van der Waals surface area contributed by atoms with E-state index >= 15 is 0 Å². The van der Waals surface area contributed by atoms with E-state index in [0.29, 0.717) is 12.3 Å². The summed E-state index contributed by atoms with van der Waals surface area (Å²) in [5, 5.41) is 3.86. The van der Waals surface area contributed by atoms with Crippen LogP contribution in [0.3, 0.4) is 0 Å². The van der Waals surface area contributed by atoms with Gasteiger partial charge in [-0.1, -0.05) is 42.5 Å². The Morgan fingerprint density at radius 3 is 2.46 bits per heavy atom. The number of thiazole rings is 1. The zero-order valence-electron chi connectivity index (χ0n) is 15.3. The normalized spacial score (nSPS) is 10.7. The van der Waals surface area contributed by atoms with Crippen molar-refractivity contribution < 1.29 is 9.53 Å². The summed E-state index contributed by atoms with van der Waals surface area (Å²) in [7, 11) is 0. The van der Waals surface area contributed by atoms with Gasteiger partial charge in [0.25, 0.3) is 5.91 Å². The average molecular weight is 388 g/mol. The van der Waals surface area contributed by atoms with Gasteiger partial charge in [0, 0.05) is 12.1 Å². The fourth-order valence-corrected chi connectivity index (χ4v) is 3.85. The molecular formula is C23H20N2O2S. The first-order valence-corrected chi connectivity index (χ1v) is 9.99. The molecule has 0 aliphatic rings. The second-order valence-corrected chi connectivity index (χ2v) is 7.42. The molecule has 1 heterocycles. The van der Waals surface area contributed by atoms with Gasteiger partial charge in [0.05, 0.1) is 10.2 Å². The minimum Gasteiger partial charge on any atom is -0.484 e. The first-order chi connectivity index (χ1) is 13.8. The van der Waals surface area contributed by atoms with Crippen LogP contribution in [0.2, 0.25) is 0 Å². The smallest absolute Gasteiger partial charge is 0.257 e. The standard InChI is InChI=1S/C23H20N2O2S/c26-22(24-15-14-17-6-2-1-3-7-17)16-27-19-12-10-18(11-13-19)23-25-20-8-4-5-9-21(20)28-23/h1-13H,14-16H2,(H,24,26). The largest absolute Gasteiger partial charge is 0.484 e. The van der Waals surface area contributed by atoms with Crippen molar-refractivity contribution in [2.24, 2.45) is 0 Å². The van der Waals surface area contributed by atoms with Gasteiger partial charge in [0.2, 0.25) is 0 Å². The molecule has 1 N–H and O–H groups in total. The number of nitrogens with zero attached hydrogens (tertiary/aromatic N) is 1. The lowest BCUT2D eigenvalue weighted by molar-refractivity contribution is -0.123. The molecule has 0 atom stereocenters. The Morgan fingerprint density at radius 1 is 0.929 bits per heavy atom. The van der Waals surface area contributed by atoms with Gasteiger partial charge in [-0.25, -0.2) is 4.98 Å². The molecule has 28 heavy (non-hydrogen) atoms. The molecule has 0 unspecified atom stereocenters. The highest BCUT2D eigenvalue weighted by molar-refractivity contribution is 7.21. The molecule has 4 aromatic rings. The second kappa shape index (κ2) is 8.67. The molecule has 0 bridgehead atoms. The second-order valence-electron chi connectivity index (χ2n) is 6.39. The quantitative estimate of drug-likeness (QED) is 0.499. The number of carbonyl (C=O) groups excluding carboxylic acids is 1. The number of carbonyl (C=O) groups is 1. The van der Waals surface area contributed by atoms with Crippen LogP contribution in [0.4, 0.5) is 0 Å². The summed E-state index contributed by atoms with van der Waals surface area (Å²) in [4.78, 5) is 16.6. The maximum absolute atomic E-state index is 11.9. The van der Waals surface area contributed by atoms with E-state index in [1.54, 1.807) is 11.3 Å². The summed E-state index contributed by atoms with van der Waals surface area (Å²) < 4.78 is 6.76. The number of hydrogen-bond acceptors (Lipinski definition) is 4. The highest BCUT2D eigenvalue weighted by Crippen LogP contribution is 2.30. The zero-order chi connectivity index (χ0) is 19.2. The van der Waals surface area contributed by atoms with Gasteiger partial charge in [-0.05, 0) is 48.4 Å². The number of aromatic nitrogens is 1. The van der Waals surface area contributed by atoms with Crippen molar-refractivity contribution in [3.8, 4) is 16.3 Å². The molecule has 0 aliphatic heterocycles. The molecule has 0 saturated carbocycles. The van der Waals surface area contributed by atoms with E-state index in [9.17, 15) is 4.79 Å². The molecule has 0 saturated heterocycles. The number of amides is 1. The van der Waals surface area contributed by atoms with E-state index < -0.39 is 0 Å². The number of benzene rings is 3. The maximum Gasteiger partial charge on any atom is 0.257 e. The lowest BCUT2D eigenvalue weighted by Gasteiger charge is -2.08. The number of nitrogens with one attached hydrogen (secondary N) is 1. The molecule has 0 spiro atoms. The maximum atomic E-state index is 11.9. The lowest BCUT2D eigenvalue weighted by atomic mass is 10.1. The summed E-state index contributed by atoms with van der Waals surface area (Å²) in [5.41, 5.74) is 3.25. The van der Waals surface area contributed by atoms with Crippen molar-refractivity contribution in [3.63, 3.8) is 0 Å². The third kappa shape index (κ3) is 4.56. The molecule has 1 aromatic heterocycles. The van der Waals surface area contributed by atoms with Crippen molar-refractivity contribution in [1.29, 1.82) is 0 Å². The van der Waals surface area contributed by atoms with Crippen LogP contribution in [-0.4, -0.2) is 24.0 Å². The van der Waals surface area contributed by atoms with Gasteiger partial charge in [0.15, 0.2) is 6.61 Å². The first kappa shape index (κ1) is 18.2. The van der Waals surface area contributed by atoms with Gasteiger partial charge < -0.3 is 10.1 Å². The number of hydrogen-bond donors (Lipinski definition) is 1. The van der Waals surface area contributed by atoms with Crippen molar-refractivity contribution in [2.75, 3.05) is 13.2 Å². The van der Waals surface area contributed by atoms with Crippen LogP contribution in [0.5, 0.6) is 5.75 Å². The summed E-state index contributed by atoms with van der Waals surface area (Å²) in [5.74, 6) is 0.550. The van der Waals surface area contributed by atoms with Crippen LogP contribution in [0.25, 0.3) is 20.8 Å². The Labute approximate surface area is 167 Å². The topological polar surface area (TPSA) is 51.2 Å². The van der Waals surface area contributed by atoms with E-state index in [2.05, 4.69) is 28.5 Å². The molecule has 1 amide bonds. The van der Waals surface area contributed by atoms with Crippen LogP contribution in [0.15, 0.2) is 78.9 Å². The fourth-order valence-electron chi connectivity index (χ4n) is 2.88.